The lowest BCUT2D eigenvalue weighted by molar-refractivity contribution is -0.137. The number of anilines is 1. The van der Waals surface area contributed by atoms with E-state index < -0.39 is 22.7 Å². The van der Waals surface area contributed by atoms with Gasteiger partial charge >= 0.3 is 6.18 Å². The van der Waals surface area contributed by atoms with Crippen LogP contribution >= 0.6 is 11.6 Å². The number of carbonyl (C=O) groups is 1. The molecule has 122 valence electrons. The second kappa shape index (κ2) is 6.91. The van der Waals surface area contributed by atoms with Gasteiger partial charge in [-0.05, 0) is 42.8 Å². The van der Waals surface area contributed by atoms with Crippen LogP contribution in [0.1, 0.15) is 11.1 Å². The Bertz CT molecular complexity index is 717. The summed E-state index contributed by atoms with van der Waals surface area (Å²) in [6, 6.07) is 10.2. The molecule has 0 aliphatic carbocycles. The van der Waals surface area contributed by atoms with E-state index in [1.807, 2.05) is 13.0 Å². The zero-order valence-electron chi connectivity index (χ0n) is 12.1. The number of rotatable bonds is 4. The Morgan fingerprint density at radius 3 is 2.61 bits per heavy atom. The predicted octanol–water partition coefficient (Wildman–Crippen LogP) is 4.68. The fourth-order valence-corrected chi connectivity index (χ4v) is 2.10. The topological polar surface area (TPSA) is 38.3 Å². The minimum atomic E-state index is -4.59. The Kier molecular flexibility index (Phi) is 5.15. The molecule has 7 heteroatoms. The third-order valence-corrected chi connectivity index (χ3v) is 3.24. The van der Waals surface area contributed by atoms with Gasteiger partial charge in [-0.25, -0.2) is 0 Å². The van der Waals surface area contributed by atoms with Gasteiger partial charge in [0.25, 0.3) is 5.91 Å². The third kappa shape index (κ3) is 4.89. The summed E-state index contributed by atoms with van der Waals surface area (Å²) in [5.74, 6) is -0.0609. The molecule has 0 aliphatic rings. The molecule has 1 amide bonds. The molecule has 0 saturated heterocycles. The van der Waals surface area contributed by atoms with Gasteiger partial charge in [0.1, 0.15) is 5.75 Å². The smallest absolute Gasteiger partial charge is 0.417 e. The summed E-state index contributed by atoms with van der Waals surface area (Å²) in [7, 11) is 0. The first kappa shape index (κ1) is 17.1. The van der Waals surface area contributed by atoms with Crippen molar-refractivity contribution in [3.8, 4) is 5.75 Å². The third-order valence-electron chi connectivity index (χ3n) is 2.91. The molecule has 2 aromatic rings. The summed E-state index contributed by atoms with van der Waals surface area (Å²) in [6.45, 7) is 1.56. The van der Waals surface area contributed by atoms with Gasteiger partial charge in [0, 0.05) is 5.69 Å². The lowest BCUT2D eigenvalue weighted by Crippen LogP contribution is -2.20. The van der Waals surface area contributed by atoms with E-state index in [1.165, 1.54) is 6.07 Å². The van der Waals surface area contributed by atoms with Crippen molar-refractivity contribution in [3.63, 3.8) is 0 Å². The number of amides is 1. The molecule has 0 bridgehead atoms. The van der Waals surface area contributed by atoms with Crippen LogP contribution in [0.2, 0.25) is 5.02 Å². The minimum absolute atomic E-state index is 0.000401. The van der Waals surface area contributed by atoms with Gasteiger partial charge in [0.15, 0.2) is 6.61 Å². The van der Waals surface area contributed by atoms with Gasteiger partial charge in [0.05, 0.1) is 10.6 Å². The van der Waals surface area contributed by atoms with Crippen LogP contribution in [0, 0.1) is 6.92 Å². The van der Waals surface area contributed by atoms with Gasteiger partial charge in [0.2, 0.25) is 0 Å². The molecule has 23 heavy (non-hydrogen) atoms. The Morgan fingerprint density at radius 1 is 1.22 bits per heavy atom. The van der Waals surface area contributed by atoms with E-state index >= 15 is 0 Å². The number of halogens is 4. The lowest BCUT2D eigenvalue weighted by Gasteiger charge is -2.12. The molecule has 0 atom stereocenters. The van der Waals surface area contributed by atoms with E-state index in [0.717, 1.165) is 17.7 Å². The van der Waals surface area contributed by atoms with Crippen LogP contribution < -0.4 is 10.1 Å². The Hall–Kier alpha value is -2.21. The molecule has 1 N–H and O–H groups in total. The van der Waals surface area contributed by atoms with Crippen molar-refractivity contribution >= 4 is 23.2 Å². The standard InChI is InChI=1S/C16H13ClF3NO2/c1-10-3-2-4-12(7-10)23-9-15(22)21-11-5-6-14(17)13(8-11)16(18,19)20/h2-8H,9H2,1H3,(H,21,22). The van der Waals surface area contributed by atoms with E-state index in [4.69, 9.17) is 16.3 Å². The Morgan fingerprint density at radius 2 is 1.96 bits per heavy atom. The average molecular weight is 344 g/mol. The highest BCUT2D eigenvalue weighted by atomic mass is 35.5. The molecule has 0 heterocycles. The van der Waals surface area contributed by atoms with E-state index in [9.17, 15) is 18.0 Å². The number of hydrogen-bond acceptors (Lipinski definition) is 2. The Balaban J connectivity index is 2.00. The molecule has 2 rings (SSSR count). The molecule has 0 unspecified atom stereocenters. The van der Waals surface area contributed by atoms with Gasteiger partial charge in [-0.2, -0.15) is 13.2 Å². The second-order valence-corrected chi connectivity index (χ2v) is 5.25. The number of alkyl halides is 3. The van der Waals surface area contributed by atoms with Crippen LogP contribution in [-0.4, -0.2) is 12.5 Å². The zero-order valence-corrected chi connectivity index (χ0v) is 12.8. The number of aryl methyl sites for hydroxylation is 1. The molecular formula is C16H13ClF3NO2. The van der Waals surface area contributed by atoms with Crippen molar-refractivity contribution in [1.29, 1.82) is 0 Å². The fraction of sp³-hybridized carbons (Fsp3) is 0.188. The SMILES string of the molecule is Cc1cccc(OCC(=O)Nc2ccc(Cl)c(C(F)(F)F)c2)c1. The molecular weight excluding hydrogens is 331 g/mol. The summed E-state index contributed by atoms with van der Waals surface area (Å²) in [6.07, 6.45) is -4.59. The zero-order chi connectivity index (χ0) is 17.0. The first-order valence-electron chi connectivity index (χ1n) is 6.62. The van der Waals surface area contributed by atoms with Crippen LogP contribution in [0.3, 0.4) is 0 Å². The number of nitrogens with one attached hydrogen (secondary N) is 1. The van der Waals surface area contributed by atoms with Gasteiger partial charge in [-0.3, -0.25) is 4.79 Å². The maximum absolute atomic E-state index is 12.8. The number of benzene rings is 2. The predicted molar refractivity (Wildman–Crippen MR) is 81.8 cm³/mol. The molecule has 0 saturated carbocycles. The number of carbonyl (C=O) groups excluding carboxylic acids is 1. The van der Waals surface area contributed by atoms with Gasteiger partial charge in [-0.15, -0.1) is 0 Å². The van der Waals surface area contributed by atoms with Crippen LogP contribution in [0.25, 0.3) is 0 Å². The molecule has 3 nitrogen and oxygen atoms in total. The molecule has 0 spiro atoms. The van der Waals surface area contributed by atoms with Crippen molar-refractivity contribution in [3.05, 3.63) is 58.6 Å². The largest absolute Gasteiger partial charge is 0.484 e. The van der Waals surface area contributed by atoms with Gasteiger partial charge in [-0.1, -0.05) is 23.7 Å². The molecule has 0 radical (unpaired) electrons. The Labute approximate surface area is 136 Å². The maximum Gasteiger partial charge on any atom is 0.417 e. The lowest BCUT2D eigenvalue weighted by atomic mass is 10.2. The summed E-state index contributed by atoms with van der Waals surface area (Å²) >= 11 is 5.52. The normalized spacial score (nSPS) is 11.2. The highest BCUT2D eigenvalue weighted by Gasteiger charge is 2.33. The monoisotopic (exact) mass is 343 g/mol. The molecule has 0 aromatic heterocycles. The van der Waals surface area contributed by atoms with Crippen LogP contribution in [-0.2, 0) is 11.0 Å². The molecule has 0 fully saturated rings. The maximum atomic E-state index is 12.8. The van der Waals surface area contributed by atoms with Crippen molar-refractivity contribution < 1.29 is 22.7 Å². The van der Waals surface area contributed by atoms with E-state index in [-0.39, 0.29) is 12.3 Å². The van der Waals surface area contributed by atoms with Crippen LogP contribution in [0.4, 0.5) is 18.9 Å². The summed E-state index contributed by atoms with van der Waals surface area (Å²) in [4.78, 5) is 11.8. The van der Waals surface area contributed by atoms with E-state index in [0.29, 0.717) is 5.75 Å². The van der Waals surface area contributed by atoms with Crippen molar-refractivity contribution in [2.45, 2.75) is 13.1 Å². The highest BCUT2D eigenvalue weighted by molar-refractivity contribution is 6.31. The molecule has 2 aromatic carbocycles. The van der Waals surface area contributed by atoms with Gasteiger partial charge < -0.3 is 10.1 Å². The summed E-state index contributed by atoms with van der Waals surface area (Å²) < 4.78 is 43.5. The second-order valence-electron chi connectivity index (χ2n) is 4.85. The van der Waals surface area contributed by atoms with E-state index in [1.54, 1.807) is 18.2 Å². The van der Waals surface area contributed by atoms with Crippen LogP contribution in [0.5, 0.6) is 5.75 Å². The van der Waals surface area contributed by atoms with Crippen molar-refractivity contribution in [1.82, 2.24) is 0 Å². The minimum Gasteiger partial charge on any atom is -0.484 e. The first-order chi connectivity index (χ1) is 10.8. The van der Waals surface area contributed by atoms with Crippen molar-refractivity contribution in [2.24, 2.45) is 0 Å². The summed E-state index contributed by atoms with van der Waals surface area (Å²) in [5.41, 5.74) is -0.0356. The number of ether oxygens (including phenoxy) is 1. The average Bonchev–Trinajstić information content (AvgIpc) is 2.46. The summed E-state index contributed by atoms with van der Waals surface area (Å²) in [5, 5.41) is 1.92. The van der Waals surface area contributed by atoms with Crippen molar-refractivity contribution in [2.75, 3.05) is 11.9 Å². The first-order valence-corrected chi connectivity index (χ1v) is 6.99. The quantitative estimate of drug-likeness (QED) is 0.875. The fourth-order valence-electron chi connectivity index (χ4n) is 1.87. The van der Waals surface area contributed by atoms with E-state index in [2.05, 4.69) is 5.32 Å². The highest BCUT2D eigenvalue weighted by Crippen LogP contribution is 2.36. The molecule has 0 aliphatic heterocycles. The number of hydrogen-bond donors (Lipinski definition) is 1. The van der Waals surface area contributed by atoms with Crippen LogP contribution in [0.15, 0.2) is 42.5 Å².